The van der Waals surface area contributed by atoms with Crippen molar-refractivity contribution in [3.63, 3.8) is 0 Å². The van der Waals surface area contributed by atoms with Crippen LogP contribution < -0.4 is 10.0 Å². The second-order valence-corrected chi connectivity index (χ2v) is 7.12. The minimum absolute atomic E-state index is 0.00525. The molecule has 1 unspecified atom stereocenters. The van der Waals surface area contributed by atoms with Crippen molar-refractivity contribution >= 4 is 10.2 Å². The molecule has 0 aliphatic rings. The summed E-state index contributed by atoms with van der Waals surface area (Å²) < 4.78 is 28.4. The van der Waals surface area contributed by atoms with E-state index >= 15 is 0 Å². The van der Waals surface area contributed by atoms with Crippen LogP contribution in [-0.2, 0) is 10.2 Å². The van der Waals surface area contributed by atoms with E-state index in [1.165, 1.54) is 4.31 Å². The van der Waals surface area contributed by atoms with Crippen molar-refractivity contribution in [3.05, 3.63) is 0 Å². The molecular formula is C13H31N3O2S. The van der Waals surface area contributed by atoms with E-state index in [0.29, 0.717) is 12.5 Å². The van der Waals surface area contributed by atoms with E-state index in [9.17, 15) is 8.42 Å². The number of nitrogens with zero attached hydrogens (tertiary/aromatic N) is 1. The van der Waals surface area contributed by atoms with Crippen molar-refractivity contribution in [3.8, 4) is 0 Å². The molecule has 0 aromatic heterocycles. The molecule has 0 bridgehead atoms. The normalized spacial score (nSPS) is 14.3. The van der Waals surface area contributed by atoms with Gasteiger partial charge in [0.1, 0.15) is 0 Å². The maximum atomic E-state index is 12.1. The lowest BCUT2D eigenvalue weighted by Gasteiger charge is -2.24. The molecule has 0 spiro atoms. The zero-order valence-corrected chi connectivity index (χ0v) is 13.9. The Hall–Kier alpha value is -0.170. The monoisotopic (exact) mass is 293 g/mol. The molecule has 2 N–H and O–H groups in total. The van der Waals surface area contributed by atoms with E-state index in [1.54, 1.807) is 7.05 Å². The lowest BCUT2D eigenvalue weighted by Crippen LogP contribution is -2.46. The Kier molecular flexibility index (Phi) is 9.60. The van der Waals surface area contributed by atoms with E-state index in [1.807, 2.05) is 20.8 Å². The molecule has 0 heterocycles. The maximum absolute atomic E-state index is 12.1. The molecule has 0 radical (unpaired) electrons. The van der Waals surface area contributed by atoms with Crippen LogP contribution in [0.4, 0.5) is 0 Å². The zero-order valence-electron chi connectivity index (χ0n) is 13.1. The first-order chi connectivity index (χ1) is 8.85. The summed E-state index contributed by atoms with van der Waals surface area (Å²) in [5.74, 6) is 0.305. The molecule has 5 nitrogen and oxygen atoms in total. The third kappa shape index (κ3) is 7.87. The Morgan fingerprint density at radius 3 is 2.26 bits per heavy atom. The van der Waals surface area contributed by atoms with Gasteiger partial charge in [0, 0.05) is 19.6 Å². The van der Waals surface area contributed by atoms with Gasteiger partial charge in [0.05, 0.1) is 0 Å². The second-order valence-electron chi connectivity index (χ2n) is 5.31. The Labute approximate surface area is 119 Å². The predicted molar refractivity (Wildman–Crippen MR) is 81.4 cm³/mol. The Morgan fingerprint density at radius 1 is 1.16 bits per heavy atom. The summed E-state index contributed by atoms with van der Waals surface area (Å²) in [5.41, 5.74) is 0. The van der Waals surface area contributed by atoms with Gasteiger partial charge in [-0.05, 0) is 38.3 Å². The molecule has 0 aliphatic carbocycles. The lowest BCUT2D eigenvalue weighted by atomic mass is 10.0. The van der Waals surface area contributed by atoms with E-state index in [4.69, 9.17) is 0 Å². The highest BCUT2D eigenvalue weighted by molar-refractivity contribution is 7.87. The number of nitrogens with one attached hydrogen (secondary N) is 2. The van der Waals surface area contributed by atoms with Crippen molar-refractivity contribution in [2.24, 2.45) is 5.92 Å². The van der Waals surface area contributed by atoms with Crippen LogP contribution in [0.3, 0.4) is 0 Å². The SMILES string of the molecule is CCCNCCCN(C)S(=O)(=O)NC(CC)C(C)C. The first-order valence-electron chi connectivity index (χ1n) is 7.29. The molecule has 0 amide bonds. The average molecular weight is 293 g/mol. The molecule has 0 saturated heterocycles. The molecule has 6 heteroatoms. The number of hydrogen-bond acceptors (Lipinski definition) is 3. The number of rotatable bonds is 11. The van der Waals surface area contributed by atoms with Gasteiger partial charge in [-0.1, -0.05) is 27.7 Å². The fourth-order valence-corrected chi connectivity index (χ4v) is 3.19. The second kappa shape index (κ2) is 9.69. The van der Waals surface area contributed by atoms with Crippen molar-refractivity contribution in [1.29, 1.82) is 0 Å². The quantitative estimate of drug-likeness (QED) is 0.569. The Morgan fingerprint density at radius 2 is 1.79 bits per heavy atom. The third-order valence-corrected chi connectivity index (χ3v) is 4.81. The summed E-state index contributed by atoms with van der Waals surface area (Å²) in [6.45, 7) is 10.6. The molecule has 116 valence electrons. The molecular weight excluding hydrogens is 262 g/mol. The molecule has 0 fully saturated rings. The Balaban J connectivity index is 4.17. The topological polar surface area (TPSA) is 61.4 Å². The van der Waals surface area contributed by atoms with Gasteiger partial charge in [-0.3, -0.25) is 0 Å². The van der Waals surface area contributed by atoms with Gasteiger partial charge < -0.3 is 5.32 Å². The molecule has 0 aromatic rings. The standard InChI is InChI=1S/C13H31N3O2S/c1-6-9-14-10-8-11-16(5)19(17,18)15-13(7-2)12(3)4/h12-15H,6-11H2,1-5H3. The smallest absolute Gasteiger partial charge is 0.279 e. The molecule has 0 aromatic carbocycles. The van der Waals surface area contributed by atoms with Gasteiger partial charge in [0.15, 0.2) is 0 Å². The van der Waals surface area contributed by atoms with Crippen LogP contribution in [-0.4, -0.2) is 45.4 Å². The van der Waals surface area contributed by atoms with Crippen molar-refractivity contribution in [2.45, 2.75) is 53.0 Å². The van der Waals surface area contributed by atoms with E-state index < -0.39 is 10.2 Å². The fraction of sp³-hybridized carbons (Fsp3) is 1.00. The van der Waals surface area contributed by atoms with Gasteiger partial charge in [-0.2, -0.15) is 17.4 Å². The zero-order chi connectivity index (χ0) is 14.9. The van der Waals surface area contributed by atoms with Crippen LogP contribution in [0.5, 0.6) is 0 Å². The van der Waals surface area contributed by atoms with Crippen molar-refractivity contribution in [1.82, 2.24) is 14.3 Å². The summed E-state index contributed by atoms with van der Waals surface area (Å²) in [4.78, 5) is 0. The van der Waals surface area contributed by atoms with E-state index in [-0.39, 0.29) is 6.04 Å². The van der Waals surface area contributed by atoms with Crippen molar-refractivity contribution in [2.75, 3.05) is 26.7 Å². The highest BCUT2D eigenvalue weighted by Crippen LogP contribution is 2.08. The van der Waals surface area contributed by atoms with Gasteiger partial charge in [-0.25, -0.2) is 0 Å². The molecule has 0 rings (SSSR count). The summed E-state index contributed by atoms with van der Waals surface area (Å²) >= 11 is 0. The predicted octanol–water partition coefficient (Wildman–Crippen LogP) is 1.58. The van der Waals surface area contributed by atoms with Crippen LogP contribution in [0.15, 0.2) is 0 Å². The fourth-order valence-electron chi connectivity index (χ4n) is 1.82. The average Bonchev–Trinajstić information content (AvgIpc) is 2.35. The highest BCUT2D eigenvalue weighted by atomic mass is 32.2. The molecule has 0 saturated carbocycles. The van der Waals surface area contributed by atoms with Crippen LogP contribution >= 0.6 is 0 Å². The van der Waals surface area contributed by atoms with Gasteiger partial charge in [0.25, 0.3) is 10.2 Å². The van der Waals surface area contributed by atoms with E-state index in [2.05, 4.69) is 17.0 Å². The summed E-state index contributed by atoms with van der Waals surface area (Å²) in [6.07, 6.45) is 2.74. The van der Waals surface area contributed by atoms with Crippen LogP contribution in [0.2, 0.25) is 0 Å². The summed E-state index contributed by atoms with van der Waals surface area (Å²) in [5, 5.41) is 3.27. The summed E-state index contributed by atoms with van der Waals surface area (Å²) in [7, 11) is -1.72. The van der Waals surface area contributed by atoms with Crippen LogP contribution in [0.25, 0.3) is 0 Å². The third-order valence-electron chi connectivity index (χ3n) is 3.21. The first-order valence-corrected chi connectivity index (χ1v) is 8.73. The lowest BCUT2D eigenvalue weighted by molar-refractivity contribution is 0.399. The first kappa shape index (κ1) is 18.8. The Bertz CT molecular complexity index is 318. The highest BCUT2D eigenvalue weighted by Gasteiger charge is 2.22. The van der Waals surface area contributed by atoms with Crippen LogP contribution in [0, 0.1) is 5.92 Å². The van der Waals surface area contributed by atoms with E-state index in [0.717, 1.165) is 32.4 Å². The maximum Gasteiger partial charge on any atom is 0.279 e. The van der Waals surface area contributed by atoms with Crippen LogP contribution in [0.1, 0.15) is 47.0 Å². The minimum Gasteiger partial charge on any atom is -0.317 e. The molecule has 1 atom stereocenters. The number of hydrogen-bond donors (Lipinski definition) is 2. The minimum atomic E-state index is -3.35. The van der Waals surface area contributed by atoms with Crippen molar-refractivity contribution < 1.29 is 8.42 Å². The largest absolute Gasteiger partial charge is 0.317 e. The van der Waals surface area contributed by atoms with Gasteiger partial charge >= 0.3 is 0 Å². The molecule has 0 aliphatic heterocycles. The van der Waals surface area contributed by atoms with Gasteiger partial charge in [-0.15, -0.1) is 0 Å². The summed E-state index contributed by atoms with van der Waals surface area (Å²) in [6, 6.07) is 0.00525. The van der Waals surface area contributed by atoms with Gasteiger partial charge in [0.2, 0.25) is 0 Å². The molecule has 19 heavy (non-hydrogen) atoms.